The molecule has 2 bridgehead atoms. The Hall–Kier alpha value is -2.00. The smallest absolute Gasteiger partial charge is 0.338 e. The van der Waals surface area contributed by atoms with Crippen LogP contribution in [0.3, 0.4) is 0 Å². The van der Waals surface area contributed by atoms with E-state index in [4.69, 9.17) is 9.47 Å². The third kappa shape index (κ3) is 3.32. The van der Waals surface area contributed by atoms with E-state index in [1.807, 2.05) is 36.4 Å². The highest BCUT2D eigenvalue weighted by molar-refractivity contribution is 9.10. The van der Waals surface area contributed by atoms with Gasteiger partial charge < -0.3 is 9.47 Å². The molecule has 1 N–H and O–H groups in total. The van der Waals surface area contributed by atoms with Gasteiger partial charge in [-0.3, -0.25) is 0 Å². The van der Waals surface area contributed by atoms with Gasteiger partial charge in [-0.15, -0.1) is 0 Å². The van der Waals surface area contributed by atoms with Gasteiger partial charge in [0.05, 0.1) is 17.7 Å². The van der Waals surface area contributed by atoms with Crippen LogP contribution in [-0.2, 0) is 25.9 Å². The van der Waals surface area contributed by atoms with Crippen molar-refractivity contribution in [1.82, 2.24) is 4.72 Å². The van der Waals surface area contributed by atoms with Crippen molar-refractivity contribution in [1.29, 1.82) is 0 Å². The van der Waals surface area contributed by atoms with Gasteiger partial charge in [0.25, 0.3) is 0 Å². The van der Waals surface area contributed by atoms with Crippen LogP contribution in [0.5, 0.6) is 0 Å². The molecule has 3 heterocycles. The van der Waals surface area contributed by atoms with Gasteiger partial charge in [0.1, 0.15) is 10.9 Å². The summed E-state index contributed by atoms with van der Waals surface area (Å²) in [5.74, 6) is -0.507. The number of hydrogen-bond acceptors (Lipinski definition) is 5. The molecule has 2 aromatic rings. The maximum atomic E-state index is 13.0. The Balaban J connectivity index is 1.52. The van der Waals surface area contributed by atoms with Crippen LogP contribution in [0.1, 0.15) is 22.3 Å². The summed E-state index contributed by atoms with van der Waals surface area (Å²) in [5.41, 5.74) is 0.176. The highest BCUT2D eigenvalue weighted by atomic mass is 79.9. The lowest BCUT2D eigenvalue weighted by atomic mass is 9.83. The minimum Gasteiger partial charge on any atom is -0.454 e. The van der Waals surface area contributed by atoms with Gasteiger partial charge in [-0.05, 0) is 48.7 Å². The Morgan fingerprint density at radius 3 is 2.60 bits per heavy atom. The first kappa shape index (κ1) is 19.9. The van der Waals surface area contributed by atoms with E-state index >= 15 is 0 Å². The largest absolute Gasteiger partial charge is 0.454 e. The van der Waals surface area contributed by atoms with Gasteiger partial charge in [-0.2, -0.15) is 0 Å². The quantitative estimate of drug-likeness (QED) is 0.527. The van der Waals surface area contributed by atoms with Crippen LogP contribution in [0, 0.1) is 0 Å². The number of sulfonamides is 1. The van der Waals surface area contributed by atoms with Gasteiger partial charge in [-0.1, -0.05) is 52.3 Å². The summed E-state index contributed by atoms with van der Waals surface area (Å²) in [6, 6.07) is 15.8. The van der Waals surface area contributed by atoms with Gasteiger partial charge in [-0.25, -0.2) is 17.9 Å². The molecule has 0 unspecified atom stereocenters. The zero-order valence-corrected chi connectivity index (χ0v) is 18.3. The van der Waals surface area contributed by atoms with Crippen molar-refractivity contribution >= 4 is 31.9 Å². The Morgan fingerprint density at radius 1 is 1.17 bits per heavy atom. The molecular weight excluding hydrogens is 470 g/mol. The molecular formula is C22H20BrNO5S. The zero-order chi connectivity index (χ0) is 20.9. The molecule has 0 radical (unpaired) electrons. The Bertz CT molecular complexity index is 1100. The first-order valence-corrected chi connectivity index (χ1v) is 12.1. The second-order valence-corrected chi connectivity index (χ2v) is 10.7. The third-order valence-corrected chi connectivity index (χ3v) is 8.46. The fourth-order valence-electron chi connectivity index (χ4n) is 4.65. The molecule has 1 spiro atoms. The summed E-state index contributed by atoms with van der Waals surface area (Å²) >= 11 is 3.36. The second-order valence-electron chi connectivity index (χ2n) is 7.89. The van der Waals surface area contributed by atoms with E-state index in [2.05, 4.69) is 20.7 Å². The molecule has 0 amide bonds. The van der Waals surface area contributed by atoms with Crippen molar-refractivity contribution in [3.8, 4) is 0 Å². The fourth-order valence-corrected chi connectivity index (χ4v) is 6.90. The SMILES string of the molecule is O=C(O[C@H]1[C@H](Cc2ccccc2)NS(=O)(=O)[C@H]2C[C@H]3C=C[C@]12O3)c1ccc(Br)cc1. The number of ether oxygens (including phenoxy) is 2. The third-order valence-electron chi connectivity index (χ3n) is 5.99. The van der Waals surface area contributed by atoms with Crippen molar-refractivity contribution in [3.05, 3.63) is 82.3 Å². The number of carbonyl (C=O) groups excluding carboxylic acids is 1. The molecule has 2 aromatic carbocycles. The second kappa shape index (κ2) is 7.30. The number of benzene rings is 2. The molecule has 3 aliphatic heterocycles. The summed E-state index contributed by atoms with van der Waals surface area (Å²) < 4.78 is 41.8. The average molecular weight is 490 g/mol. The highest BCUT2D eigenvalue weighted by Gasteiger charge is 2.66. The molecule has 30 heavy (non-hydrogen) atoms. The summed E-state index contributed by atoms with van der Waals surface area (Å²) in [6.07, 6.45) is 3.33. The van der Waals surface area contributed by atoms with Crippen molar-refractivity contribution in [3.63, 3.8) is 0 Å². The standard InChI is InChI=1S/C22H20BrNO5S/c23-16-8-6-15(7-9-16)21(25)28-20-18(12-14-4-2-1-3-5-14)24-30(26,27)19-13-17-10-11-22(19,20)29-17/h1-11,17-20,24H,12-13H2/t17-,18+,19+,20+,22-/m1/s1. The molecule has 3 aliphatic rings. The lowest BCUT2D eigenvalue weighted by molar-refractivity contribution is -0.0867. The number of carbonyl (C=O) groups is 1. The van der Waals surface area contributed by atoms with Crippen LogP contribution in [0.15, 0.2) is 71.2 Å². The van der Waals surface area contributed by atoms with Gasteiger partial charge in [0.2, 0.25) is 10.0 Å². The number of esters is 1. The van der Waals surface area contributed by atoms with Gasteiger partial charge in [0, 0.05) is 4.47 Å². The molecule has 5 rings (SSSR count). The molecule has 2 saturated heterocycles. The van der Waals surface area contributed by atoms with E-state index in [9.17, 15) is 13.2 Å². The number of hydrogen-bond donors (Lipinski definition) is 1. The topological polar surface area (TPSA) is 81.7 Å². The number of halogens is 1. The molecule has 6 nitrogen and oxygen atoms in total. The Kier molecular flexibility index (Phi) is 4.85. The lowest BCUT2D eigenvalue weighted by Gasteiger charge is -2.45. The van der Waals surface area contributed by atoms with E-state index in [0.29, 0.717) is 18.4 Å². The van der Waals surface area contributed by atoms with Crippen molar-refractivity contribution in [2.75, 3.05) is 0 Å². The lowest BCUT2D eigenvalue weighted by Crippen LogP contribution is -2.68. The summed E-state index contributed by atoms with van der Waals surface area (Å²) in [5, 5.41) is -0.783. The van der Waals surface area contributed by atoms with E-state index in [-0.39, 0.29) is 6.10 Å². The predicted octanol–water partition coefficient (Wildman–Crippen LogP) is 2.98. The Morgan fingerprint density at radius 2 is 1.90 bits per heavy atom. The minimum atomic E-state index is -3.63. The van der Waals surface area contributed by atoms with E-state index in [1.54, 1.807) is 30.3 Å². The summed E-state index contributed by atoms with van der Waals surface area (Å²) in [7, 11) is -3.63. The minimum absolute atomic E-state index is 0.282. The molecule has 0 aromatic heterocycles. The highest BCUT2D eigenvalue weighted by Crippen LogP contribution is 2.48. The normalized spacial score (nSPS) is 33.2. The average Bonchev–Trinajstić information content (AvgIpc) is 3.32. The molecule has 0 saturated carbocycles. The van der Waals surface area contributed by atoms with Crippen molar-refractivity contribution in [2.45, 2.75) is 41.9 Å². The first-order valence-electron chi connectivity index (χ1n) is 9.76. The molecule has 156 valence electrons. The van der Waals surface area contributed by atoms with E-state index in [1.165, 1.54) is 0 Å². The van der Waals surface area contributed by atoms with Gasteiger partial charge >= 0.3 is 5.97 Å². The van der Waals surface area contributed by atoms with Crippen LogP contribution in [0.25, 0.3) is 0 Å². The van der Waals surface area contributed by atoms with Crippen LogP contribution in [-0.4, -0.2) is 43.5 Å². The maximum Gasteiger partial charge on any atom is 0.338 e. The van der Waals surface area contributed by atoms with E-state index in [0.717, 1.165) is 10.0 Å². The van der Waals surface area contributed by atoms with Crippen molar-refractivity contribution < 1.29 is 22.7 Å². The molecule has 2 fully saturated rings. The van der Waals surface area contributed by atoms with Crippen LogP contribution in [0.4, 0.5) is 0 Å². The maximum absolute atomic E-state index is 13.0. The van der Waals surface area contributed by atoms with Crippen LogP contribution >= 0.6 is 15.9 Å². The number of fused-ring (bicyclic) bond motifs is 1. The first-order chi connectivity index (χ1) is 14.4. The number of nitrogens with one attached hydrogen (secondary N) is 1. The fraction of sp³-hybridized carbons (Fsp3) is 0.318. The van der Waals surface area contributed by atoms with Crippen LogP contribution < -0.4 is 4.72 Å². The summed E-state index contributed by atoms with van der Waals surface area (Å²) in [4.78, 5) is 12.9. The van der Waals surface area contributed by atoms with Crippen LogP contribution in [0.2, 0.25) is 0 Å². The Labute approximate surface area is 183 Å². The number of rotatable bonds is 4. The molecule has 0 aliphatic carbocycles. The molecule has 8 heteroatoms. The van der Waals surface area contributed by atoms with E-state index < -0.39 is 39.0 Å². The molecule has 5 atom stereocenters. The predicted molar refractivity (Wildman–Crippen MR) is 114 cm³/mol. The zero-order valence-electron chi connectivity index (χ0n) is 15.9. The monoisotopic (exact) mass is 489 g/mol. The van der Waals surface area contributed by atoms with Crippen molar-refractivity contribution in [2.24, 2.45) is 0 Å². The van der Waals surface area contributed by atoms with Gasteiger partial charge in [0.15, 0.2) is 6.10 Å². The summed E-state index contributed by atoms with van der Waals surface area (Å²) in [6.45, 7) is 0.